The summed E-state index contributed by atoms with van der Waals surface area (Å²) in [5.41, 5.74) is 2.87. The van der Waals surface area contributed by atoms with Crippen molar-refractivity contribution in [1.29, 1.82) is 0 Å². The maximum atomic E-state index is 13.1. The molecule has 0 saturated carbocycles. The predicted molar refractivity (Wildman–Crippen MR) is 114 cm³/mol. The van der Waals surface area contributed by atoms with Crippen LogP contribution in [0, 0.1) is 13.8 Å². The lowest BCUT2D eigenvalue weighted by molar-refractivity contribution is -0.116. The SMILES string of the molecule is Cc1cccc(NC(=O)Cn2c(-c3cccc(Cl)c3)nc(C)c(CCO)c2=O)c1. The normalized spacial score (nSPS) is 10.8. The summed E-state index contributed by atoms with van der Waals surface area (Å²) in [6.45, 7) is 3.27. The molecule has 150 valence electrons. The molecular formula is C22H22ClN3O3. The van der Waals surface area contributed by atoms with E-state index in [1.807, 2.05) is 25.1 Å². The number of hydrogen-bond donors (Lipinski definition) is 2. The lowest BCUT2D eigenvalue weighted by atomic mass is 10.1. The van der Waals surface area contributed by atoms with E-state index in [0.717, 1.165) is 5.56 Å². The zero-order valence-electron chi connectivity index (χ0n) is 16.3. The first-order valence-electron chi connectivity index (χ1n) is 9.22. The summed E-state index contributed by atoms with van der Waals surface area (Å²) in [5.74, 6) is 0.0117. The van der Waals surface area contributed by atoms with Crippen molar-refractivity contribution in [2.24, 2.45) is 0 Å². The Balaban J connectivity index is 2.03. The van der Waals surface area contributed by atoms with Crippen molar-refractivity contribution in [2.75, 3.05) is 11.9 Å². The molecule has 0 atom stereocenters. The molecule has 2 aromatic carbocycles. The number of amides is 1. The first-order valence-corrected chi connectivity index (χ1v) is 9.60. The molecule has 0 radical (unpaired) electrons. The van der Waals surface area contributed by atoms with Gasteiger partial charge in [0.1, 0.15) is 12.4 Å². The van der Waals surface area contributed by atoms with Gasteiger partial charge in [0.15, 0.2) is 0 Å². The predicted octanol–water partition coefficient (Wildman–Crippen LogP) is 3.35. The van der Waals surface area contributed by atoms with Gasteiger partial charge in [-0.3, -0.25) is 14.2 Å². The van der Waals surface area contributed by atoms with Crippen LogP contribution in [0.2, 0.25) is 5.02 Å². The number of carbonyl (C=O) groups excluding carboxylic acids is 1. The Hall–Kier alpha value is -2.96. The quantitative estimate of drug-likeness (QED) is 0.651. The molecule has 3 rings (SSSR count). The van der Waals surface area contributed by atoms with Crippen molar-refractivity contribution in [1.82, 2.24) is 9.55 Å². The number of anilines is 1. The highest BCUT2D eigenvalue weighted by atomic mass is 35.5. The third kappa shape index (κ3) is 4.91. The molecule has 2 N–H and O–H groups in total. The molecule has 3 aromatic rings. The molecule has 0 aliphatic carbocycles. The van der Waals surface area contributed by atoms with Gasteiger partial charge in [-0.15, -0.1) is 0 Å². The number of aryl methyl sites for hydroxylation is 2. The topological polar surface area (TPSA) is 84.2 Å². The van der Waals surface area contributed by atoms with Gasteiger partial charge in [-0.1, -0.05) is 35.9 Å². The van der Waals surface area contributed by atoms with Gasteiger partial charge in [-0.25, -0.2) is 4.98 Å². The maximum Gasteiger partial charge on any atom is 0.257 e. The van der Waals surface area contributed by atoms with Crippen LogP contribution < -0.4 is 10.9 Å². The fraction of sp³-hybridized carbons (Fsp3) is 0.227. The molecule has 1 amide bonds. The summed E-state index contributed by atoms with van der Waals surface area (Å²) in [6.07, 6.45) is 0.174. The van der Waals surface area contributed by atoms with E-state index >= 15 is 0 Å². The zero-order valence-corrected chi connectivity index (χ0v) is 17.0. The minimum absolute atomic E-state index is 0.174. The number of aliphatic hydroxyl groups is 1. The summed E-state index contributed by atoms with van der Waals surface area (Å²) < 4.78 is 1.33. The lowest BCUT2D eigenvalue weighted by Crippen LogP contribution is -2.33. The minimum Gasteiger partial charge on any atom is -0.396 e. The molecule has 0 saturated heterocycles. The summed E-state index contributed by atoms with van der Waals surface area (Å²) in [7, 11) is 0. The monoisotopic (exact) mass is 411 g/mol. The Morgan fingerprint density at radius 2 is 1.93 bits per heavy atom. The Kier molecular flexibility index (Phi) is 6.46. The number of hydrogen-bond acceptors (Lipinski definition) is 4. The largest absolute Gasteiger partial charge is 0.396 e. The number of carbonyl (C=O) groups is 1. The van der Waals surface area contributed by atoms with Crippen LogP contribution in [0.3, 0.4) is 0 Å². The second-order valence-electron chi connectivity index (χ2n) is 6.79. The number of aliphatic hydroxyl groups excluding tert-OH is 1. The molecule has 0 fully saturated rings. The van der Waals surface area contributed by atoms with Crippen molar-refractivity contribution in [2.45, 2.75) is 26.8 Å². The standard InChI is InChI=1S/C22H22ClN3O3/c1-14-5-3-8-18(11-14)25-20(28)13-26-21(16-6-4-7-17(23)12-16)24-15(2)19(9-10-27)22(26)29/h3-8,11-12,27H,9-10,13H2,1-2H3,(H,25,28). The number of aromatic nitrogens is 2. The van der Waals surface area contributed by atoms with Crippen molar-refractivity contribution in [3.05, 3.63) is 80.7 Å². The third-order valence-corrected chi connectivity index (χ3v) is 4.75. The molecule has 0 spiro atoms. The van der Waals surface area contributed by atoms with Crippen LogP contribution in [-0.2, 0) is 17.8 Å². The van der Waals surface area contributed by atoms with Gasteiger partial charge in [-0.2, -0.15) is 0 Å². The van der Waals surface area contributed by atoms with Crippen LogP contribution in [-0.4, -0.2) is 27.2 Å². The van der Waals surface area contributed by atoms with E-state index in [9.17, 15) is 14.7 Å². The molecule has 0 bridgehead atoms. The average Bonchev–Trinajstić information content (AvgIpc) is 2.67. The average molecular weight is 412 g/mol. The summed E-state index contributed by atoms with van der Waals surface area (Å²) >= 11 is 6.11. The second kappa shape index (κ2) is 9.03. The molecule has 1 heterocycles. The highest BCUT2D eigenvalue weighted by molar-refractivity contribution is 6.30. The van der Waals surface area contributed by atoms with Gasteiger partial charge in [0.05, 0.1) is 0 Å². The van der Waals surface area contributed by atoms with Gasteiger partial charge in [-0.05, 0) is 43.7 Å². The van der Waals surface area contributed by atoms with Crippen LogP contribution in [0.15, 0.2) is 53.3 Å². The fourth-order valence-corrected chi connectivity index (χ4v) is 3.35. The van der Waals surface area contributed by atoms with Crippen LogP contribution in [0.5, 0.6) is 0 Å². The highest BCUT2D eigenvalue weighted by Crippen LogP contribution is 2.21. The molecule has 0 unspecified atom stereocenters. The minimum atomic E-state index is -0.346. The number of rotatable bonds is 6. The number of halogens is 1. The van der Waals surface area contributed by atoms with E-state index in [1.54, 1.807) is 37.3 Å². The first-order chi connectivity index (χ1) is 13.9. The molecule has 1 aromatic heterocycles. The van der Waals surface area contributed by atoms with Crippen molar-refractivity contribution >= 4 is 23.2 Å². The van der Waals surface area contributed by atoms with Gasteiger partial charge in [0, 0.05) is 40.6 Å². The van der Waals surface area contributed by atoms with E-state index in [-0.39, 0.29) is 31.0 Å². The second-order valence-corrected chi connectivity index (χ2v) is 7.23. The maximum absolute atomic E-state index is 13.1. The number of nitrogens with one attached hydrogen (secondary N) is 1. The van der Waals surface area contributed by atoms with Crippen LogP contribution in [0.4, 0.5) is 5.69 Å². The van der Waals surface area contributed by atoms with E-state index in [4.69, 9.17) is 11.6 Å². The molecular weight excluding hydrogens is 390 g/mol. The first kappa shape index (κ1) is 20.8. The summed E-state index contributed by atoms with van der Waals surface area (Å²) in [4.78, 5) is 30.3. The van der Waals surface area contributed by atoms with Gasteiger partial charge in [0.2, 0.25) is 5.91 Å². The Morgan fingerprint density at radius 3 is 2.62 bits per heavy atom. The van der Waals surface area contributed by atoms with E-state index in [2.05, 4.69) is 10.3 Å². The molecule has 29 heavy (non-hydrogen) atoms. The molecule has 0 aliphatic heterocycles. The Bertz CT molecular complexity index is 1110. The van der Waals surface area contributed by atoms with Crippen LogP contribution in [0.25, 0.3) is 11.4 Å². The van der Waals surface area contributed by atoms with Gasteiger partial charge >= 0.3 is 0 Å². The Morgan fingerprint density at radius 1 is 1.17 bits per heavy atom. The smallest absolute Gasteiger partial charge is 0.257 e. The van der Waals surface area contributed by atoms with Crippen molar-refractivity contribution < 1.29 is 9.90 Å². The van der Waals surface area contributed by atoms with Gasteiger partial charge < -0.3 is 10.4 Å². The molecule has 7 heteroatoms. The number of nitrogens with zero attached hydrogens (tertiary/aromatic N) is 2. The van der Waals surface area contributed by atoms with E-state index in [0.29, 0.717) is 33.4 Å². The van der Waals surface area contributed by atoms with Crippen LogP contribution in [0.1, 0.15) is 16.8 Å². The molecule has 0 aliphatic rings. The zero-order chi connectivity index (χ0) is 21.0. The summed E-state index contributed by atoms with van der Waals surface area (Å²) in [5, 5.41) is 12.6. The number of benzene rings is 2. The van der Waals surface area contributed by atoms with Gasteiger partial charge in [0.25, 0.3) is 5.56 Å². The highest BCUT2D eigenvalue weighted by Gasteiger charge is 2.18. The van der Waals surface area contributed by atoms with Crippen molar-refractivity contribution in [3.8, 4) is 11.4 Å². The fourth-order valence-electron chi connectivity index (χ4n) is 3.16. The molecule has 6 nitrogen and oxygen atoms in total. The lowest BCUT2D eigenvalue weighted by Gasteiger charge is -2.16. The summed E-state index contributed by atoms with van der Waals surface area (Å²) in [6, 6.07) is 14.4. The Labute approximate surface area is 173 Å². The third-order valence-electron chi connectivity index (χ3n) is 4.52. The van der Waals surface area contributed by atoms with Crippen LogP contribution >= 0.6 is 11.6 Å². The van der Waals surface area contributed by atoms with Crippen molar-refractivity contribution in [3.63, 3.8) is 0 Å². The van der Waals surface area contributed by atoms with E-state index < -0.39 is 0 Å². The van der Waals surface area contributed by atoms with E-state index in [1.165, 1.54) is 4.57 Å².